The normalized spacial score (nSPS) is 13.9. The molecule has 2 amide bonds. The van der Waals surface area contributed by atoms with E-state index in [1.807, 2.05) is 29.2 Å². The maximum Gasteiger partial charge on any atom is 0.340 e. The number of aryl methyl sites for hydroxylation is 1. The third kappa shape index (κ3) is 4.82. The highest BCUT2D eigenvalue weighted by atomic mass is 16.5. The van der Waals surface area contributed by atoms with E-state index in [-0.39, 0.29) is 17.9 Å². The van der Waals surface area contributed by atoms with Crippen LogP contribution < -0.4 is 15.5 Å². The third-order valence-corrected chi connectivity index (χ3v) is 5.00. The molecule has 2 aromatic rings. The predicted octanol–water partition coefficient (Wildman–Crippen LogP) is 2.06. The molecule has 1 saturated heterocycles. The molecule has 8 heteroatoms. The second-order valence-corrected chi connectivity index (χ2v) is 7.70. The lowest BCUT2D eigenvalue weighted by atomic mass is 10.1. The number of esters is 1. The van der Waals surface area contributed by atoms with Gasteiger partial charge in [-0.05, 0) is 51.0 Å². The molecule has 3 rings (SSSR count). The summed E-state index contributed by atoms with van der Waals surface area (Å²) in [5, 5.41) is 5.69. The smallest absolute Gasteiger partial charge is 0.340 e. The van der Waals surface area contributed by atoms with Gasteiger partial charge in [-0.25, -0.2) is 4.79 Å². The van der Waals surface area contributed by atoms with Crippen molar-refractivity contribution in [1.29, 1.82) is 0 Å². The van der Waals surface area contributed by atoms with E-state index in [4.69, 9.17) is 4.74 Å². The van der Waals surface area contributed by atoms with Gasteiger partial charge in [0.2, 0.25) is 5.91 Å². The number of H-pyrrole nitrogens is 1. The van der Waals surface area contributed by atoms with Crippen molar-refractivity contribution in [3.8, 4) is 0 Å². The largest absolute Gasteiger partial charge is 0.459 e. The molecule has 0 saturated carbocycles. The first-order chi connectivity index (χ1) is 14.3. The number of benzene rings is 1. The fourth-order valence-corrected chi connectivity index (χ4v) is 3.51. The number of aromatic nitrogens is 1. The number of carbonyl (C=O) groups excluding carboxylic acids is 3. The molecule has 0 unspecified atom stereocenters. The fraction of sp³-hybridized carbons (Fsp3) is 0.409. The van der Waals surface area contributed by atoms with E-state index >= 15 is 0 Å². The van der Waals surface area contributed by atoms with E-state index in [0.29, 0.717) is 42.1 Å². The summed E-state index contributed by atoms with van der Waals surface area (Å²) in [6.07, 6.45) is -0.231. The van der Waals surface area contributed by atoms with Crippen LogP contribution in [0.25, 0.3) is 0 Å². The van der Waals surface area contributed by atoms with Crippen LogP contribution in [0, 0.1) is 13.8 Å². The average Bonchev–Trinajstić information content (AvgIpc) is 3.00. The lowest BCUT2D eigenvalue weighted by Crippen LogP contribution is -2.47. The Balaban J connectivity index is 1.63. The Morgan fingerprint density at radius 1 is 1.20 bits per heavy atom. The van der Waals surface area contributed by atoms with Crippen molar-refractivity contribution in [1.82, 2.24) is 15.6 Å². The standard InChI is InChI=1S/C22H28N4O4/c1-13(2)30-22(29)19-14(3)20(25-15(19)4)21(28)24-11-16-5-7-17(8-6-16)26-10-9-23-18(27)12-26/h5-8,13,25H,9-12H2,1-4H3,(H,23,27)(H,24,28). The van der Waals surface area contributed by atoms with Crippen LogP contribution in [0.4, 0.5) is 5.69 Å². The molecule has 0 aliphatic carbocycles. The van der Waals surface area contributed by atoms with Gasteiger partial charge >= 0.3 is 5.97 Å². The van der Waals surface area contributed by atoms with Crippen LogP contribution in [0.2, 0.25) is 0 Å². The Kier molecular flexibility index (Phi) is 6.44. The number of rotatable bonds is 6. The summed E-state index contributed by atoms with van der Waals surface area (Å²) >= 11 is 0. The number of hydrogen-bond acceptors (Lipinski definition) is 5. The first kappa shape index (κ1) is 21.4. The zero-order valence-corrected chi connectivity index (χ0v) is 17.8. The monoisotopic (exact) mass is 412 g/mol. The number of amides is 2. The molecular weight excluding hydrogens is 384 g/mol. The molecule has 1 aromatic carbocycles. The molecule has 0 atom stereocenters. The van der Waals surface area contributed by atoms with Gasteiger partial charge in [0.1, 0.15) is 5.69 Å². The van der Waals surface area contributed by atoms with Crippen LogP contribution in [0.3, 0.4) is 0 Å². The number of nitrogens with zero attached hydrogens (tertiary/aromatic N) is 1. The van der Waals surface area contributed by atoms with Crippen molar-refractivity contribution in [2.24, 2.45) is 0 Å². The first-order valence-corrected chi connectivity index (χ1v) is 10.0. The molecule has 2 heterocycles. The number of piperazine rings is 1. The molecule has 0 spiro atoms. The molecular formula is C22H28N4O4. The quantitative estimate of drug-likeness (QED) is 0.630. The summed E-state index contributed by atoms with van der Waals surface area (Å²) in [5.41, 5.74) is 3.87. The Labute approximate surface area is 176 Å². The van der Waals surface area contributed by atoms with Crippen molar-refractivity contribution < 1.29 is 19.1 Å². The summed E-state index contributed by atoms with van der Waals surface area (Å²) in [7, 11) is 0. The van der Waals surface area contributed by atoms with E-state index in [1.54, 1.807) is 27.7 Å². The van der Waals surface area contributed by atoms with Gasteiger partial charge in [0.15, 0.2) is 0 Å². The van der Waals surface area contributed by atoms with E-state index in [1.165, 1.54) is 0 Å². The maximum atomic E-state index is 12.7. The minimum Gasteiger partial charge on any atom is -0.459 e. The van der Waals surface area contributed by atoms with Crippen molar-refractivity contribution in [3.05, 3.63) is 52.3 Å². The second kappa shape index (κ2) is 9.02. The van der Waals surface area contributed by atoms with Gasteiger partial charge < -0.3 is 25.3 Å². The molecule has 160 valence electrons. The third-order valence-electron chi connectivity index (χ3n) is 5.00. The Bertz CT molecular complexity index is 947. The molecule has 1 aromatic heterocycles. The number of nitrogens with one attached hydrogen (secondary N) is 3. The van der Waals surface area contributed by atoms with Crippen molar-refractivity contribution in [2.75, 3.05) is 24.5 Å². The van der Waals surface area contributed by atoms with Crippen LogP contribution in [0.5, 0.6) is 0 Å². The molecule has 30 heavy (non-hydrogen) atoms. The van der Waals surface area contributed by atoms with Crippen LogP contribution in [0.15, 0.2) is 24.3 Å². The van der Waals surface area contributed by atoms with Gasteiger partial charge in [0, 0.05) is 31.0 Å². The zero-order chi connectivity index (χ0) is 21.8. The van der Waals surface area contributed by atoms with Crippen LogP contribution >= 0.6 is 0 Å². The summed E-state index contributed by atoms with van der Waals surface area (Å²) in [6, 6.07) is 7.76. The number of ether oxygens (including phenoxy) is 1. The number of aromatic amines is 1. The minimum atomic E-state index is -0.433. The lowest BCUT2D eigenvalue weighted by molar-refractivity contribution is -0.120. The van der Waals surface area contributed by atoms with E-state index < -0.39 is 5.97 Å². The zero-order valence-electron chi connectivity index (χ0n) is 17.8. The molecule has 0 bridgehead atoms. The lowest BCUT2D eigenvalue weighted by Gasteiger charge is -2.28. The van der Waals surface area contributed by atoms with E-state index in [9.17, 15) is 14.4 Å². The van der Waals surface area contributed by atoms with Gasteiger partial charge in [-0.3, -0.25) is 9.59 Å². The molecule has 0 radical (unpaired) electrons. The Hall–Kier alpha value is -3.29. The Morgan fingerprint density at radius 2 is 1.90 bits per heavy atom. The van der Waals surface area contributed by atoms with Crippen molar-refractivity contribution in [3.63, 3.8) is 0 Å². The second-order valence-electron chi connectivity index (χ2n) is 7.70. The minimum absolute atomic E-state index is 0.0193. The molecule has 1 aliphatic rings. The highest BCUT2D eigenvalue weighted by Gasteiger charge is 2.23. The molecule has 3 N–H and O–H groups in total. The average molecular weight is 412 g/mol. The van der Waals surface area contributed by atoms with Gasteiger partial charge in [-0.2, -0.15) is 0 Å². The highest BCUT2D eigenvalue weighted by Crippen LogP contribution is 2.20. The van der Waals surface area contributed by atoms with Gasteiger partial charge in [-0.15, -0.1) is 0 Å². The van der Waals surface area contributed by atoms with Crippen molar-refractivity contribution in [2.45, 2.75) is 40.3 Å². The maximum absolute atomic E-state index is 12.7. The van der Waals surface area contributed by atoms with Crippen molar-refractivity contribution >= 4 is 23.5 Å². The van der Waals surface area contributed by atoms with Crippen LogP contribution in [-0.4, -0.2) is 48.5 Å². The highest BCUT2D eigenvalue weighted by molar-refractivity contribution is 6.00. The van der Waals surface area contributed by atoms with Gasteiger partial charge in [0.25, 0.3) is 5.91 Å². The number of carbonyl (C=O) groups is 3. The van der Waals surface area contributed by atoms with Crippen LogP contribution in [0.1, 0.15) is 51.5 Å². The van der Waals surface area contributed by atoms with Gasteiger partial charge in [0.05, 0.1) is 18.2 Å². The molecule has 1 aliphatic heterocycles. The first-order valence-electron chi connectivity index (χ1n) is 10.0. The predicted molar refractivity (Wildman–Crippen MR) is 114 cm³/mol. The molecule has 8 nitrogen and oxygen atoms in total. The summed E-state index contributed by atoms with van der Waals surface area (Å²) in [5.74, 6) is -0.695. The molecule has 1 fully saturated rings. The van der Waals surface area contributed by atoms with E-state index in [0.717, 1.165) is 17.8 Å². The summed E-state index contributed by atoms with van der Waals surface area (Å²) in [4.78, 5) is 41.5. The topological polar surface area (TPSA) is 104 Å². The number of anilines is 1. The fourth-order valence-electron chi connectivity index (χ4n) is 3.51. The van der Waals surface area contributed by atoms with Crippen LogP contribution in [-0.2, 0) is 16.1 Å². The Morgan fingerprint density at radius 3 is 2.53 bits per heavy atom. The van der Waals surface area contributed by atoms with E-state index in [2.05, 4.69) is 15.6 Å². The van der Waals surface area contributed by atoms with Gasteiger partial charge in [-0.1, -0.05) is 12.1 Å². The SMILES string of the molecule is Cc1[nH]c(C(=O)NCc2ccc(N3CCNC(=O)C3)cc2)c(C)c1C(=O)OC(C)C. The summed E-state index contributed by atoms with van der Waals surface area (Å²) in [6.45, 7) is 9.17. The number of hydrogen-bond donors (Lipinski definition) is 3. The summed E-state index contributed by atoms with van der Waals surface area (Å²) < 4.78 is 5.27.